The first-order valence-corrected chi connectivity index (χ1v) is 5.89. The van der Waals surface area contributed by atoms with E-state index in [-0.39, 0.29) is 17.4 Å². The van der Waals surface area contributed by atoms with Gasteiger partial charge in [-0.25, -0.2) is 14.4 Å². The fourth-order valence-electron chi connectivity index (χ4n) is 1.41. The number of benzene rings is 1. The largest absolute Gasteiger partial charge is 0.481 e. The molecule has 0 radical (unpaired) electrons. The van der Waals surface area contributed by atoms with Crippen LogP contribution in [0.25, 0.3) is 0 Å². The van der Waals surface area contributed by atoms with E-state index in [0.29, 0.717) is 16.7 Å². The van der Waals surface area contributed by atoms with E-state index in [9.17, 15) is 4.39 Å². The van der Waals surface area contributed by atoms with Crippen molar-refractivity contribution in [2.75, 3.05) is 0 Å². The number of hydrogen-bond acceptors (Lipinski definition) is 3. The second kappa shape index (κ2) is 5.50. The van der Waals surface area contributed by atoms with Gasteiger partial charge in [0.15, 0.2) is 17.4 Å². The van der Waals surface area contributed by atoms with Gasteiger partial charge >= 0.3 is 0 Å². The molecular weight excluding hydrogens is 278 g/mol. The Morgan fingerprint density at radius 2 is 2.06 bits per heavy atom. The zero-order valence-electron chi connectivity index (χ0n) is 9.45. The van der Waals surface area contributed by atoms with Crippen LogP contribution in [0.1, 0.15) is 11.5 Å². The van der Waals surface area contributed by atoms with Gasteiger partial charge in [0.25, 0.3) is 0 Å². The summed E-state index contributed by atoms with van der Waals surface area (Å²) in [6, 6.07) is 5.95. The Hall–Kier alpha value is -1.39. The molecule has 0 amide bonds. The summed E-state index contributed by atoms with van der Waals surface area (Å²) in [5.74, 6) is -0.166. The van der Waals surface area contributed by atoms with Gasteiger partial charge in [-0.05, 0) is 25.1 Å². The monoisotopic (exact) mass is 286 g/mol. The molecule has 0 saturated heterocycles. The topological polar surface area (TPSA) is 35.0 Å². The third-order valence-electron chi connectivity index (χ3n) is 2.13. The Bertz CT molecular complexity index is 537. The average molecular weight is 287 g/mol. The number of aromatic nitrogens is 2. The van der Waals surface area contributed by atoms with Crippen molar-refractivity contribution in [1.29, 1.82) is 0 Å². The van der Waals surface area contributed by atoms with E-state index >= 15 is 0 Å². The number of aryl methyl sites for hydroxylation is 1. The quantitative estimate of drug-likeness (QED) is 0.805. The van der Waals surface area contributed by atoms with Crippen molar-refractivity contribution in [2.45, 2.75) is 13.5 Å². The van der Waals surface area contributed by atoms with E-state index in [0.717, 1.165) is 0 Å². The van der Waals surface area contributed by atoms with Crippen molar-refractivity contribution < 1.29 is 9.13 Å². The van der Waals surface area contributed by atoms with Gasteiger partial charge in [-0.1, -0.05) is 29.3 Å². The number of hydrogen-bond donors (Lipinski definition) is 0. The number of ether oxygens (including phenoxy) is 1. The summed E-state index contributed by atoms with van der Waals surface area (Å²) in [6.07, 6.45) is 0. The molecule has 0 fully saturated rings. The zero-order chi connectivity index (χ0) is 13.1. The second-order valence-corrected chi connectivity index (χ2v) is 4.38. The van der Waals surface area contributed by atoms with E-state index < -0.39 is 5.82 Å². The minimum atomic E-state index is -0.527. The summed E-state index contributed by atoms with van der Waals surface area (Å²) in [5.41, 5.74) is 0.716. The molecule has 0 aliphatic rings. The van der Waals surface area contributed by atoms with Crippen molar-refractivity contribution in [3.63, 3.8) is 0 Å². The highest BCUT2D eigenvalue weighted by molar-refractivity contribution is 6.32. The van der Waals surface area contributed by atoms with Crippen molar-refractivity contribution in [1.82, 2.24) is 9.97 Å². The standard InChI is InChI=1S/C12H9Cl2FN2O/c1-7-5-10(14)17-11(16-7)6-18-12-8(13)3-2-4-9(12)15/h2-5H,6H2,1H3. The van der Waals surface area contributed by atoms with Crippen LogP contribution in [0.15, 0.2) is 24.3 Å². The van der Waals surface area contributed by atoms with Gasteiger partial charge in [0, 0.05) is 5.69 Å². The van der Waals surface area contributed by atoms with Crippen LogP contribution in [0.3, 0.4) is 0 Å². The predicted octanol–water partition coefficient (Wildman–Crippen LogP) is 3.81. The molecule has 0 bridgehead atoms. The SMILES string of the molecule is Cc1cc(Cl)nc(COc2c(F)cccc2Cl)n1. The Kier molecular flexibility index (Phi) is 3.99. The summed E-state index contributed by atoms with van der Waals surface area (Å²) in [5, 5.41) is 0.523. The van der Waals surface area contributed by atoms with Crippen LogP contribution in [0.2, 0.25) is 10.2 Å². The fraction of sp³-hybridized carbons (Fsp3) is 0.167. The number of halogens is 3. The maximum absolute atomic E-state index is 13.4. The Balaban J connectivity index is 2.16. The van der Waals surface area contributed by atoms with Crippen LogP contribution in [-0.2, 0) is 6.61 Å². The molecule has 18 heavy (non-hydrogen) atoms. The summed E-state index contributed by atoms with van der Waals surface area (Å²) in [6.45, 7) is 1.79. The Morgan fingerprint density at radius 1 is 1.28 bits per heavy atom. The maximum Gasteiger partial charge on any atom is 0.174 e. The third kappa shape index (κ3) is 3.09. The third-order valence-corrected chi connectivity index (χ3v) is 2.63. The van der Waals surface area contributed by atoms with E-state index in [1.165, 1.54) is 12.1 Å². The predicted molar refractivity (Wildman–Crippen MR) is 67.5 cm³/mol. The van der Waals surface area contributed by atoms with E-state index in [1.54, 1.807) is 19.1 Å². The first-order chi connectivity index (χ1) is 8.56. The molecule has 3 nitrogen and oxygen atoms in total. The van der Waals surface area contributed by atoms with E-state index in [4.69, 9.17) is 27.9 Å². The molecule has 2 aromatic rings. The van der Waals surface area contributed by atoms with Gasteiger partial charge in [0.2, 0.25) is 0 Å². The van der Waals surface area contributed by atoms with E-state index in [2.05, 4.69) is 9.97 Å². The molecule has 0 unspecified atom stereocenters. The zero-order valence-corrected chi connectivity index (χ0v) is 11.0. The first kappa shape index (κ1) is 13.1. The van der Waals surface area contributed by atoms with Gasteiger partial charge in [0.1, 0.15) is 11.8 Å². The van der Waals surface area contributed by atoms with Crippen molar-refractivity contribution in [3.8, 4) is 5.75 Å². The molecule has 0 spiro atoms. The molecule has 2 rings (SSSR count). The van der Waals surface area contributed by atoms with Crippen LogP contribution in [0, 0.1) is 12.7 Å². The number of rotatable bonds is 3. The number of para-hydroxylation sites is 1. The minimum absolute atomic E-state index is 0.00204. The molecule has 0 aliphatic heterocycles. The molecule has 1 heterocycles. The second-order valence-electron chi connectivity index (χ2n) is 3.59. The van der Waals surface area contributed by atoms with E-state index in [1.807, 2.05) is 0 Å². The lowest BCUT2D eigenvalue weighted by molar-refractivity contribution is 0.281. The lowest BCUT2D eigenvalue weighted by Gasteiger charge is -2.08. The van der Waals surface area contributed by atoms with Crippen LogP contribution in [-0.4, -0.2) is 9.97 Å². The summed E-state index contributed by atoms with van der Waals surface area (Å²) in [7, 11) is 0. The molecule has 0 saturated carbocycles. The molecule has 0 N–H and O–H groups in total. The Labute approximate surface area is 114 Å². The molecule has 0 aliphatic carbocycles. The van der Waals surface area contributed by atoms with Gasteiger partial charge in [0.05, 0.1) is 5.02 Å². The first-order valence-electron chi connectivity index (χ1n) is 5.13. The minimum Gasteiger partial charge on any atom is -0.481 e. The summed E-state index contributed by atoms with van der Waals surface area (Å²) in [4.78, 5) is 8.09. The maximum atomic E-state index is 13.4. The molecular formula is C12H9Cl2FN2O. The Morgan fingerprint density at radius 3 is 2.72 bits per heavy atom. The molecule has 6 heteroatoms. The van der Waals surface area contributed by atoms with Gasteiger partial charge in [-0.3, -0.25) is 0 Å². The molecule has 94 valence electrons. The van der Waals surface area contributed by atoms with Crippen LogP contribution >= 0.6 is 23.2 Å². The molecule has 1 aromatic carbocycles. The van der Waals surface area contributed by atoms with Crippen molar-refractivity contribution in [2.24, 2.45) is 0 Å². The van der Waals surface area contributed by atoms with Crippen LogP contribution in [0.5, 0.6) is 5.75 Å². The smallest absolute Gasteiger partial charge is 0.174 e. The number of nitrogens with zero attached hydrogens (tertiary/aromatic N) is 2. The summed E-state index contributed by atoms with van der Waals surface area (Å²) >= 11 is 11.6. The van der Waals surface area contributed by atoms with Crippen molar-refractivity contribution >= 4 is 23.2 Å². The van der Waals surface area contributed by atoms with Crippen LogP contribution in [0.4, 0.5) is 4.39 Å². The lowest BCUT2D eigenvalue weighted by Crippen LogP contribution is -2.04. The van der Waals surface area contributed by atoms with Gasteiger partial charge < -0.3 is 4.74 Å². The average Bonchev–Trinajstić information content (AvgIpc) is 2.27. The van der Waals surface area contributed by atoms with Crippen molar-refractivity contribution in [3.05, 3.63) is 51.8 Å². The highest BCUT2D eigenvalue weighted by Gasteiger charge is 2.09. The highest BCUT2D eigenvalue weighted by Crippen LogP contribution is 2.27. The highest BCUT2D eigenvalue weighted by atomic mass is 35.5. The van der Waals surface area contributed by atoms with Gasteiger partial charge in [-0.2, -0.15) is 0 Å². The molecule has 0 atom stereocenters. The lowest BCUT2D eigenvalue weighted by atomic mass is 10.3. The van der Waals surface area contributed by atoms with Crippen LogP contribution < -0.4 is 4.74 Å². The summed E-state index contributed by atoms with van der Waals surface area (Å²) < 4.78 is 18.7. The van der Waals surface area contributed by atoms with Gasteiger partial charge in [-0.15, -0.1) is 0 Å². The normalized spacial score (nSPS) is 10.4. The fourth-order valence-corrected chi connectivity index (χ4v) is 1.88. The molecule has 1 aromatic heterocycles.